The van der Waals surface area contributed by atoms with Gasteiger partial charge in [-0.05, 0) is 30.0 Å². The zero-order chi connectivity index (χ0) is 17.0. The molecule has 0 spiro atoms. The number of benzene rings is 1. The van der Waals surface area contributed by atoms with E-state index in [4.69, 9.17) is 5.73 Å². The number of carbonyl (C=O) groups excluding carboxylic acids is 1. The molecule has 2 atom stereocenters. The molecule has 3 N–H and O–H groups in total. The highest BCUT2D eigenvalue weighted by Gasteiger charge is 2.31. The average molecular weight is 339 g/mol. The van der Waals surface area contributed by atoms with Gasteiger partial charge in [-0.2, -0.15) is 0 Å². The molecule has 1 amide bonds. The Bertz CT molecular complexity index is 660. The molecule has 1 heterocycles. The number of hydrogen-bond acceptors (Lipinski definition) is 4. The fourth-order valence-electron chi connectivity index (χ4n) is 3.07. The molecule has 23 heavy (non-hydrogen) atoms. The summed E-state index contributed by atoms with van der Waals surface area (Å²) in [5.41, 5.74) is 6.80. The number of nitrogens with two attached hydrogens (primary N) is 1. The van der Waals surface area contributed by atoms with Crippen LogP contribution in [0.25, 0.3) is 0 Å². The lowest BCUT2D eigenvalue weighted by Crippen LogP contribution is -2.50. The second-order valence-corrected chi connectivity index (χ2v) is 8.11. The van der Waals surface area contributed by atoms with Gasteiger partial charge in [0, 0.05) is 31.2 Å². The Morgan fingerprint density at radius 2 is 2.17 bits per heavy atom. The first-order chi connectivity index (χ1) is 10.8. The SMILES string of the molecule is CC[C@@H]1CN(S(C)(=O)=O)CC[C@@H]1NCc1cccc(C(N)=O)c1. The third-order valence-corrected chi connectivity index (χ3v) is 5.74. The first-order valence-corrected chi connectivity index (χ1v) is 9.73. The first-order valence-electron chi connectivity index (χ1n) is 7.88. The van der Waals surface area contributed by atoms with Gasteiger partial charge in [0.15, 0.2) is 0 Å². The normalized spacial score (nSPS) is 22.9. The van der Waals surface area contributed by atoms with Crippen LogP contribution < -0.4 is 11.1 Å². The molecule has 0 aromatic heterocycles. The third-order valence-electron chi connectivity index (χ3n) is 4.47. The Morgan fingerprint density at radius 3 is 2.78 bits per heavy atom. The van der Waals surface area contributed by atoms with Gasteiger partial charge in [0.25, 0.3) is 0 Å². The third kappa shape index (κ3) is 4.76. The Hall–Kier alpha value is -1.44. The Kier molecular flexibility index (Phi) is 5.78. The molecule has 128 valence electrons. The molecule has 0 radical (unpaired) electrons. The number of amides is 1. The number of nitrogens with zero attached hydrogens (tertiary/aromatic N) is 1. The lowest BCUT2D eigenvalue weighted by molar-refractivity contribution is 0.1000. The topological polar surface area (TPSA) is 92.5 Å². The zero-order valence-electron chi connectivity index (χ0n) is 13.7. The van der Waals surface area contributed by atoms with Crippen LogP contribution in [0.2, 0.25) is 0 Å². The van der Waals surface area contributed by atoms with Gasteiger partial charge >= 0.3 is 0 Å². The molecule has 1 aromatic carbocycles. The van der Waals surface area contributed by atoms with Crippen molar-refractivity contribution >= 4 is 15.9 Å². The first kappa shape index (κ1) is 17.9. The summed E-state index contributed by atoms with van der Waals surface area (Å²) in [6, 6.07) is 7.54. The van der Waals surface area contributed by atoms with E-state index in [2.05, 4.69) is 12.2 Å². The number of rotatable bonds is 6. The molecular weight excluding hydrogens is 314 g/mol. The van der Waals surface area contributed by atoms with Gasteiger partial charge in [-0.1, -0.05) is 25.5 Å². The van der Waals surface area contributed by atoms with Crippen molar-refractivity contribution in [1.29, 1.82) is 0 Å². The second kappa shape index (κ2) is 7.42. The van der Waals surface area contributed by atoms with E-state index in [-0.39, 0.29) is 12.0 Å². The highest BCUT2D eigenvalue weighted by atomic mass is 32.2. The smallest absolute Gasteiger partial charge is 0.248 e. The van der Waals surface area contributed by atoms with Crippen LogP contribution in [0.4, 0.5) is 0 Å². The number of piperidine rings is 1. The molecule has 0 unspecified atom stereocenters. The number of nitrogens with one attached hydrogen (secondary N) is 1. The van der Waals surface area contributed by atoms with E-state index in [1.165, 1.54) is 6.26 Å². The summed E-state index contributed by atoms with van der Waals surface area (Å²) >= 11 is 0. The molecular formula is C16H25N3O3S. The van der Waals surface area contributed by atoms with Crippen molar-refractivity contribution < 1.29 is 13.2 Å². The van der Waals surface area contributed by atoms with Gasteiger partial charge in [-0.3, -0.25) is 4.79 Å². The van der Waals surface area contributed by atoms with Crippen molar-refractivity contribution in [2.45, 2.75) is 32.4 Å². The van der Waals surface area contributed by atoms with Crippen molar-refractivity contribution in [3.63, 3.8) is 0 Å². The van der Waals surface area contributed by atoms with E-state index in [0.717, 1.165) is 18.4 Å². The summed E-state index contributed by atoms with van der Waals surface area (Å²) in [6.07, 6.45) is 2.98. The highest BCUT2D eigenvalue weighted by molar-refractivity contribution is 7.88. The molecule has 1 aliphatic heterocycles. The molecule has 6 nitrogen and oxygen atoms in total. The molecule has 0 aliphatic carbocycles. The van der Waals surface area contributed by atoms with Gasteiger partial charge in [0.05, 0.1) is 6.26 Å². The lowest BCUT2D eigenvalue weighted by atomic mass is 9.91. The maximum Gasteiger partial charge on any atom is 0.248 e. The van der Waals surface area contributed by atoms with Gasteiger partial charge in [-0.25, -0.2) is 12.7 Å². The molecule has 1 aliphatic rings. The van der Waals surface area contributed by atoms with Crippen LogP contribution in [0.3, 0.4) is 0 Å². The van der Waals surface area contributed by atoms with Crippen LogP contribution in [-0.2, 0) is 16.6 Å². The quantitative estimate of drug-likeness (QED) is 0.806. The van der Waals surface area contributed by atoms with Crippen LogP contribution in [0.5, 0.6) is 0 Å². The van der Waals surface area contributed by atoms with E-state index in [0.29, 0.717) is 25.2 Å². The monoisotopic (exact) mass is 339 g/mol. The van der Waals surface area contributed by atoms with E-state index in [1.54, 1.807) is 16.4 Å². The summed E-state index contributed by atoms with van der Waals surface area (Å²) in [4.78, 5) is 11.2. The molecule has 0 saturated carbocycles. The summed E-state index contributed by atoms with van der Waals surface area (Å²) in [7, 11) is -3.12. The largest absolute Gasteiger partial charge is 0.366 e. The molecule has 1 saturated heterocycles. The van der Waals surface area contributed by atoms with Crippen LogP contribution in [0.1, 0.15) is 35.7 Å². The van der Waals surface area contributed by atoms with E-state index in [9.17, 15) is 13.2 Å². The minimum Gasteiger partial charge on any atom is -0.366 e. The Morgan fingerprint density at radius 1 is 1.43 bits per heavy atom. The molecule has 1 aromatic rings. The minimum absolute atomic E-state index is 0.273. The molecule has 1 fully saturated rings. The van der Waals surface area contributed by atoms with E-state index < -0.39 is 15.9 Å². The van der Waals surface area contributed by atoms with E-state index in [1.807, 2.05) is 12.1 Å². The van der Waals surface area contributed by atoms with Crippen molar-refractivity contribution in [2.75, 3.05) is 19.3 Å². The van der Waals surface area contributed by atoms with Crippen molar-refractivity contribution in [2.24, 2.45) is 11.7 Å². The van der Waals surface area contributed by atoms with Crippen molar-refractivity contribution in [1.82, 2.24) is 9.62 Å². The van der Waals surface area contributed by atoms with Crippen LogP contribution in [0.15, 0.2) is 24.3 Å². The zero-order valence-corrected chi connectivity index (χ0v) is 14.5. The van der Waals surface area contributed by atoms with Crippen LogP contribution in [0, 0.1) is 5.92 Å². The number of primary amides is 1. The number of hydrogen-bond donors (Lipinski definition) is 2. The van der Waals surface area contributed by atoms with Gasteiger partial charge < -0.3 is 11.1 Å². The fourth-order valence-corrected chi connectivity index (χ4v) is 3.97. The Labute approximate surface area is 138 Å². The Balaban J connectivity index is 1.98. The predicted octanol–water partition coefficient (Wildman–Crippen LogP) is 0.935. The molecule has 7 heteroatoms. The predicted molar refractivity (Wildman–Crippen MR) is 90.4 cm³/mol. The van der Waals surface area contributed by atoms with Crippen molar-refractivity contribution in [3.8, 4) is 0 Å². The van der Waals surface area contributed by atoms with Gasteiger partial charge in [-0.15, -0.1) is 0 Å². The summed E-state index contributed by atoms with van der Waals surface area (Å²) < 4.78 is 25.0. The van der Waals surface area contributed by atoms with Crippen molar-refractivity contribution in [3.05, 3.63) is 35.4 Å². The van der Waals surface area contributed by atoms with Crippen LogP contribution in [-0.4, -0.2) is 44.0 Å². The van der Waals surface area contributed by atoms with Gasteiger partial charge in [0.1, 0.15) is 0 Å². The van der Waals surface area contributed by atoms with Gasteiger partial charge in [0.2, 0.25) is 15.9 Å². The maximum absolute atomic E-state index is 11.7. The van der Waals surface area contributed by atoms with E-state index >= 15 is 0 Å². The minimum atomic E-state index is -3.12. The number of carbonyl (C=O) groups is 1. The molecule has 2 rings (SSSR count). The van der Waals surface area contributed by atoms with Crippen LogP contribution >= 0.6 is 0 Å². The average Bonchev–Trinajstić information content (AvgIpc) is 2.52. The highest BCUT2D eigenvalue weighted by Crippen LogP contribution is 2.22. The number of sulfonamides is 1. The fraction of sp³-hybridized carbons (Fsp3) is 0.562. The summed E-state index contributed by atoms with van der Waals surface area (Å²) in [5.74, 6) is -0.141. The second-order valence-electron chi connectivity index (χ2n) is 6.13. The maximum atomic E-state index is 11.7. The summed E-state index contributed by atoms with van der Waals surface area (Å²) in [5, 5.41) is 3.50. The molecule has 0 bridgehead atoms. The summed E-state index contributed by atoms with van der Waals surface area (Å²) in [6.45, 7) is 3.84. The lowest BCUT2D eigenvalue weighted by Gasteiger charge is -2.37. The standard InChI is InChI=1S/C16H25N3O3S/c1-3-13-11-19(23(2,21)22)8-7-15(13)18-10-12-5-4-6-14(9-12)16(17)20/h4-6,9,13,15,18H,3,7-8,10-11H2,1-2H3,(H2,17,20)/t13-,15+/m1/s1.